The molecular weight excluding hydrogens is 292 g/mol. The van der Waals surface area contributed by atoms with Crippen molar-refractivity contribution in [3.8, 4) is 0 Å². The summed E-state index contributed by atoms with van der Waals surface area (Å²) in [5, 5.41) is 0.382. The molecule has 0 aliphatic heterocycles. The largest absolute Gasteiger partial charge is 0.398 e. The highest BCUT2D eigenvalue weighted by molar-refractivity contribution is 7.99. The molecule has 0 heterocycles. The highest BCUT2D eigenvalue weighted by Gasteiger charge is 2.19. The fourth-order valence-corrected chi connectivity index (χ4v) is 3.36. The maximum Gasteiger partial charge on any atom is 0.242 e. The molecule has 0 bridgehead atoms. The van der Waals surface area contributed by atoms with Crippen LogP contribution in [-0.4, -0.2) is 26.5 Å². The van der Waals surface area contributed by atoms with E-state index in [9.17, 15) is 8.42 Å². The summed E-state index contributed by atoms with van der Waals surface area (Å²) in [6, 6.07) is 2.95. The average Bonchev–Trinajstić information content (AvgIpc) is 2.30. The van der Waals surface area contributed by atoms with Gasteiger partial charge in [0.1, 0.15) is 4.90 Å². The molecule has 0 radical (unpaired) electrons. The van der Waals surface area contributed by atoms with E-state index in [1.165, 1.54) is 6.07 Å². The highest BCUT2D eigenvalue weighted by atomic mass is 35.5. The number of halogens is 1. The Hall–Kier alpha value is -0.430. The van der Waals surface area contributed by atoms with E-state index in [0.29, 0.717) is 12.2 Å². The lowest BCUT2D eigenvalue weighted by Gasteiger charge is -2.13. The SMILES string of the molecule is CSC(C)CNS(=O)(=O)c1cc(N)c(C)cc1Cl. The van der Waals surface area contributed by atoms with E-state index in [2.05, 4.69) is 4.72 Å². The van der Waals surface area contributed by atoms with E-state index in [-0.39, 0.29) is 15.2 Å². The van der Waals surface area contributed by atoms with Crippen molar-refractivity contribution in [2.24, 2.45) is 0 Å². The number of sulfonamides is 1. The lowest BCUT2D eigenvalue weighted by molar-refractivity contribution is 0.581. The number of nitrogens with two attached hydrogens (primary N) is 1. The maximum absolute atomic E-state index is 12.1. The zero-order valence-electron chi connectivity index (χ0n) is 10.5. The summed E-state index contributed by atoms with van der Waals surface area (Å²) in [6.07, 6.45) is 1.93. The summed E-state index contributed by atoms with van der Waals surface area (Å²) in [5.41, 5.74) is 6.89. The molecule has 1 unspecified atom stereocenters. The molecule has 0 saturated carbocycles. The first-order valence-electron chi connectivity index (χ1n) is 5.36. The fourth-order valence-electron chi connectivity index (χ4n) is 1.26. The number of nitrogens with one attached hydrogen (secondary N) is 1. The zero-order chi connectivity index (χ0) is 13.9. The lowest BCUT2D eigenvalue weighted by atomic mass is 10.2. The summed E-state index contributed by atoms with van der Waals surface area (Å²) in [7, 11) is -3.61. The fraction of sp³-hybridized carbons (Fsp3) is 0.455. The Balaban J connectivity index is 3.02. The molecule has 7 heteroatoms. The number of anilines is 1. The summed E-state index contributed by atoms with van der Waals surface area (Å²) < 4.78 is 26.7. The predicted molar refractivity (Wildman–Crippen MR) is 78.8 cm³/mol. The van der Waals surface area contributed by atoms with Gasteiger partial charge < -0.3 is 5.73 Å². The van der Waals surface area contributed by atoms with Crippen molar-refractivity contribution in [1.29, 1.82) is 0 Å². The normalized spacial score (nSPS) is 13.6. The maximum atomic E-state index is 12.1. The van der Waals surface area contributed by atoms with Gasteiger partial charge in [-0.05, 0) is 30.9 Å². The zero-order valence-corrected chi connectivity index (χ0v) is 12.9. The van der Waals surface area contributed by atoms with Gasteiger partial charge in [0.2, 0.25) is 10.0 Å². The van der Waals surface area contributed by atoms with Crippen LogP contribution in [-0.2, 0) is 10.0 Å². The van der Waals surface area contributed by atoms with Crippen molar-refractivity contribution in [2.45, 2.75) is 24.0 Å². The Morgan fingerprint density at radius 1 is 1.50 bits per heavy atom. The van der Waals surface area contributed by atoms with Gasteiger partial charge in [-0.1, -0.05) is 18.5 Å². The second-order valence-electron chi connectivity index (χ2n) is 4.04. The first-order chi connectivity index (χ1) is 8.27. The summed E-state index contributed by atoms with van der Waals surface area (Å²) in [6.45, 7) is 4.08. The molecular formula is C11H17ClN2O2S2. The molecule has 1 aromatic rings. The van der Waals surface area contributed by atoms with Gasteiger partial charge >= 0.3 is 0 Å². The second kappa shape index (κ2) is 6.14. The van der Waals surface area contributed by atoms with Gasteiger partial charge in [0.05, 0.1) is 5.02 Å². The summed E-state index contributed by atoms with van der Waals surface area (Å²) in [4.78, 5) is 0.0283. The van der Waals surface area contributed by atoms with E-state index in [4.69, 9.17) is 17.3 Å². The first kappa shape index (κ1) is 15.6. The Bertz CT molecular complexity index is 532. The molecule has 0 aromatic heterocycles. The molecule has 18 heavy (non-hydrogen) atoms. The highest BCUT2D eigenvalue weighted by Crippen LogP contribution is 2.26. The molecule has 1 rings (SSSR count). The van der Waals surface area contributed by atoms with Crippen molar-refractivity contribution in [3.05, 3.63) is 22.7 Å². The number of benzene rings is 1. The van der Waals surface area contributed by atoms with Gasteiger partial charge in [0.15, 0.2) is 0 Å². The van der Waals surface area contributed by atoms with Gasteiger partial charge in [-0.25, -0.2) is 13.1 Å². The van der Waals surface area contributed by atoms with Gasteiger partial charge in [-0.15, -0.1) is 0 Å². The Labute approximate surface area is 117 Å². The second-order valence-corrected chi connectivity index (χ2v) is 7.46. The minimum atomic E-state index is -3.61. The molecule has 1 aromatic carbocycles. The van der Waals surface area contributed by atoms with Crippen molar-refractivity contribution in [3.63, 3.8) is 0 Å². The Kier molecular flexibility index (Phi) is 5.33. The molecule has 0 aliphatic rings. The van der Waals surface area contributed by atoms with Crippen molar-refractivity contribution < 1.29 is 8.42 Å². The van der Waals surface area contributed by atoms with Gasteiger partial charge in [-0.2, -0.15) is 11.8 Å². The van der Waals surface area contributed by atoms with Crippen molar-refractivity contribution >= 4 is 39.1 Å². The molecule has 1 atom stereocenters. The Morgan fingerprint density at radius 3 is 2.67 bits per heavy atom. The number of hydrogen-bond donors (Lipinski definition) is 2. The van der Waals surface area contributed by atoms with Crippen molar-refractivity contribution in [1.82, 2.24) is 4.72 Å². The third-order valence-corrected chi connectivity index (χ3v) is 5.43. The molecule has 0 amide bonds. The minimum Gasteiger partial charge on any atom is -0.398 e. The average molecular weight is 309 g/mol. The summed E-state index contributed by atoms with van der Waals surface area (Å²) in [5.74, 6) is 0. The van der Waals surface area contributed by atoms with Crippen LogP contribution in [0, 0.1) is 6.92 Å². The first-order valence-corrected chi connectivity index (χ1v) is 8.51. The standard InChI is InChI=1S/C11H17ClN2O2S2/c1-7-4-9(12)11(5-10(7)13)18(15,16)14-6-8(2)17-3/h4-5,8,14H,6,13H2,1-3H3. The number of hydrogen-bond acceptors (Lipinski definition) is 4. The number of rotatable bonds is 5. The molecule has 0 aliphatic carbocycles. The van der Waals surface area contributed by atoms with Gasteiger partial charge in [0.25, 0.3) is 0 Å². The molecule has 4 nitrogen and oxygen atoms in total. The third kappa shape index (κ3) is 3.78. The third-order valence-electron chi connectivity index (χ3n) is 2.57. The van der Waals surface area contributed by atoms with E-state index in [1.807, 2.05) is 13.2 Å². The van der Waals surface area contributed by atoms with Crippen LogP contribution in [0.4, 0.5) is 5.69 Å². The summed E-state index contributed by atoms with van der Waals surface area (Å²) >= 11 is 7.54. The van der Waals surface area contributed by atoms with Gasteiger partial charge in [0, 0.05) is 17.5 Å². The van der Waals surface area contributed by atoms with Crippen LogP contribution in [0.1, 0.15) is 12.5 Å². The molecule has 102 valence electrons. The van der Waals surface area contributed by atoms with Gasteiger partial charge in [-0.3, -0.25) is 0 Å². The van der Waals surface area contributed by atoms with Crippen LogP contribution in [0.3, 0.4) is 0 Å². The van der Waals surface area contributed by atoms with Crippen LogP contribution in [0.25, 0.3) is 0 Å². The van der Waals surface area contributed by atoms with E-state index in [1.54, 1.807) is 24.8 Å². The number of thioether (sulfide) groups is 1. The minimum absolute atomic E-state index is 0.0283. The van der Waals surface area contributed by atoms with Crippen LogP contribution < -0.4 is 10.5 Å². The van der Waals surface area contributed by atoms with Crippen molar-refractivity contribution in [2.75, 3.05) is 18.5 Å². The monoisotopic (exact) mass is 308 g/mol. The smallest absolute Gasteiger partial charge is 0.242 e. The quantitative estimate of drug-likeness (QED) is 0.818. The van der Waals surface area contributed by atoms with E-state index >= 15 is 0 Å². The molecule has 0 fully saturated rings. The molecule has 3 N–H and O–H groups in total. The van der Waals surface area contributed by atoms with Crippen LogP contribution in [0.5, 0.6) is 0 Å². The van der Waals surface area contributed by atoms with Crippen LogP contribution >= 0.6 is 23.4 Å². The van der Waals surface area contributed by atoms with Crippen LogP contribution in [0.2, 0.25) is 5.02 Å². The predicted octanol–water partition coefficient (Wildman–Crippen LogP) is 2.26. The molecule has 0 spiro atoms. The lowest BCUT2D eigenvalue weighted by Crippen LogP contribution is -2.29. The van der Waals surface area contributed by atoms with E-state index < -0.39 is 10.0 Å². The number of nitrogen functional groups attached to an aromatic ring is 1. The molecule has 0 saturated heterocycles. The Morgan fingerprint density at radius 2 is 2.11 bits per heavy atom. The number of aryl methyl sites for hydroxylation is 1. The van der Waals surface area contributed by atoms with Crippen LogP contribution in [0.15, 0.2) is 17.0 Å². The van der Waals surface area contributed by atoms with E-state index in [0.717, 1.165) is 5.56 Å². The topological polar surface area (TPSA) is 72.2 Å².